The molecule has 2 heterocycles. The van der Waals surface area contributed by atoms with Gasteiger partial charge in [0.15, 0.2) is 0 Å². The fourth-order valence-corrected chi connectivity index (χ4v) is 3.61. The number of hydrogen-bond acceptors (Lipinski definition) is 5. The van der Waals surface area contributed by atoms with Crippen molar-refractivity contribution in [3.8, 4) is 0 Å². The van der Waals surface area contributed by atoms with Crippen molar-refractivity contribution in [1.29, 1.82) is 0 Å². The van der Waals surface area contributed by atoms with Crippen LogP contribution in [0.25, 0.3) is 0 Å². The average molecular weight is 318 g/mol. The zero-order chi connectivity index (χ0) is 15.5. The molecule has 0 amide bonds. The maximum atomic E-state index is 12.2. The van der Waals surface area contributed by atoms with Gasteiger partial charge in [-0.3, -0.25) is 0 Å². The molecule has 0 spiro atoms. The first kappa shape index (κ1) is 14.8. The summed E-state index contributed by atoms with van der Waals surface area (Å²) in [5.74, 6) is -0.355. The number of ether oxygens (including phenoxy) is 1. The molecule has 1 N–H and O–H groups in total. The minimum absolute atomic E-state index is 0.329. The van der Waals surface area contributed by atoms with E-state index in [0.29, 0.717) is 24.3 Å². The molecule has 0 fully saturated rings. The van der Waals surface area contributed by atoms with Crippen molar-refractivity contribution in [2.24, 2.45) is 5.16 Å². The molecule has 116 valence electrons. The third-order valence-electron chi connectivity index (χ3n) is 3.83. The topological polar surface area (TPSA) is 63.8 Å². The van der Waals surface area contributed by atoms with E-state index in [9.17, 15) is 10.0 Å². The summed E-state index contributed by atoms with van der Waals surface area (Å²) in [5, 5.41) is 14.7. The molecule has 0 atom stereocenters. The van der Waals surface area contributed by atoms with Crippen LogP contribution < -0.4 is 0 Å². The summed E-state index contributed by atoms with van der Waals surface area (Å²) in [7, 11) is 0. The molecule has 1 aliphatic rings. The second kappa shape index (κ2) is 6.36. The summed E-state index contributed by atoms with van der Waals surface area (Å²) < 4.78 is 7.23. The number of carbonyl (C=O) groups excluding carboxylic acids is 1. The predicted octanol–water partition coefficient (Wildman–Crippen LogP) is 3.29. The van der Waals surface area contributed by atoms with Gasteiger partial charge in [-0.15, -0.1) is 11.3 Å². The lowest BCUT2D eigenvalue weighted by molar-refractivity contribution is 0.0526. The zero-order valence-corrected chi connectivity index (χ0v) is 13.2. The number of esters is 1. The molecule has 0 radical (unpaired) electrons. The number of hydrogen-bond donors (Lipinski definition) is 1. The van der Waals surface area contributed by atoms with E-state index in [2.05, 4.69) is 15.8 Å². The Balaban J connectivity index is 2.06. The largest absolute Gasteiger partial charge is 0.462 e. The van der Waals surface area contributed by atoms with Gasteiger partial charge in [0.05, 0.1) is 24.4 Å². The van der Waals surface area contributed by atoms with Crippen molar-refractivity contribution in [3.63, 3.8) is 0 Å². The highest BCUT2D eigenvalue weighted by atomic mass is 32.1. The van der Waals surface area contributed by atoms with Crippen molar-refractivity contribution in [1.82, 2.24) is 4.57 Å². The quantitative estimate of drug-likeness (QED) is 0.534. The Morgan fingerprint density at radius 2 is 2.36 bits per heavy atom. The summed E-state index contributed by atoms with van der Waals surface area (Å²) >= 11 is 1.69. The fourth-order valence-electron chi connectivity index (χ4n) is 2.91. The normalized spacial score (nSPS) is 15.8. The van der Waals surface area contributed by atoms with Crippen molar-refractivity contribution < 1.29 is 14.7 Å². The molecule has 0 unspecified atom stereocenters. The first-order chi connectivity index (χ1) is 10.7. The maximum absolute atomic E-state index is 12.2. The van der Waals surface area contributed by atoms with Gasteiger partial charge < -0.3 is 14.5 Å². The van der Waals surface area contributed by atoms with Crippen molar-refractivity contribution in [3.05, 3.63) is 45.4 Å². The number of fused-ring (bicyclic) bond motifs is 1. The van der Waals surface area contributed by atoms with Crippen molar-refractivity contribution in [2.45, 2.75) is 32.7 Å². The van der Waals surface area contributed by atoms with Gasteiger partial charge in [-0.05, 0) is 37.6 Å². The summed E-state index contributed by atoms with van der Waals surface area (Å²) in [6, 6.07) is 4.09. The van der Waals surface area contributed by atoms with Gasteiger partial charge in [0, 0.05) is 22.3 Å². The van der Waals surface area contributed by atoms with Crippen LogP contribution in [0.1, 0.15) is 46.3 Å². The van der Waals surface area contributed by atoms with Crippen LogP contribution in [-0.4, -0.2) is 28.1 Å². The molecule has 3 rings (SSSR count). The molecule has 2 aromatic rings. The van der Waals surface area contributed by atoms with E-state index in [0.717, 1.165) is 30.6 Å². The molecule has 1 aliphatic carbocycles. The maximum Gasteiger partial charge on any atom is 0.340 e. The van der Waals surface area contributed by atoms with Crippen LogP contribution in [-0.2, 0) is 17.7 Å². The van der Waals surface area contributed by atoms with Crippen LogP contribution in [0.2, 0.25) is 0 Å². The van der Waals surface area contributed by atoms with Gasteiger partial charge >= 0.3 is 5.97 Å². The van der Waals surface area contributed by atoms with Gasteiger partial charge in [0.2, 0.25) is 0 Å². The average Bonchev–Trinajstić information content (AvgIpc) is 3.16. The van der Waals surface area contributed by atoms with Crippen LogP contribution in [0, 0.1) is 0 Å². The van der Waals surface area contributed by atoms with Crippen LogP contribution in [0.4, 0.5) is 0 Å². The SMILES string of the molecule is CCOC(=O)c1cn(Cc2cccs2)c2c1/C(=N\O)CCC2. The standard InChI is InChI=1S/C16H18N2O3S/c1-2-21-16(19)12-10-18(9-11-5-4-8-22-11)14-7-3-6-13(17-20)15(12)14/h4-5,8,10,20H,2-3,6-7,9H2,1H3/b17-13-. The highest BCUT2D eigenvalue weighted by Crippen LogP contribution is 2.29. The van der Waals surface area contributed by atoms with Gasteiger partial charge in [-0.1, -0.05) is 11.2 Å². The zero-order valence-electron chi connectivity index (χ0n) is 12.4. The van der Waals surface area contributed by atoms with Crippen molar-refractivity contribution in [2.75, 3.05) is 6.61 Å². The highest BCUT2D eigenvalue weighted by Gasteiger charge is 2.28. The second-order valence-electron chi connectivity index (χ2n) is 5.19. The first-order valence-corrected chi connectivity index (χ1v) is 8.25. The van der Waals surface area contributed by atoms with E-state index in [1.54, 1.807) is 18.3 Å². The molecule has 0 saturated carbocycles. The Labute approximate surface area is 132 Å². The number of oxime groups is 1. The third-order valence-corrected chi connectivity index (χ3v) is 4.69. The molecule has 0 saturated heterocycles. The molecule has 0 aliphatic heterocycles. The summed E-state index contributed by atoms with van der Waals surface area (Å²) in [5.41, 5.74) is 2.88. The van der Waals surface area contributed by atoms with Crippen LogP contribution in [0.3, 0.4) is 0 Å². The summed E-state index contributed by atoms with van der Waals surface area (Å²) in [6.45, 7) is 2.83. The number of thiophene rings is 1. The van der Waals surface area contributed by atoms with Crippen LogP contribution in [0.15, 0.2) is 28.9 Å². The summed E-state index contributed by atoms with van der Waals surface area (Å²) in [4.78, 5) is 13.4. The Kier molecular flexibility index (Phi) is 4.29. The first-order valence-electron chi connectivity index (χ1n) is 7.37. The van der Waals surface area contributed by atoms with E-state index in [1.807, 2.05) is 17.6 Å². The molecule has 5 nitrogen and oxygen atoms in total. The lowest BCUT2D eigenvalue weighted by Gasteiger charge is -2.16. The van der Waals surface area contributed by atoms with E-state index in [4.69, 9.17) is 4.74 Å². The number of rotatable bonds is 4. The van der Waals surface area contributed by atoms with Gasteiger partial charge in [-0.25, -0.2) is 4.79 Å². The Bertz CT molecular complexity index is 701. The molecule has 0 bridgehead atoms. The van der Waals surface area contributed by atoms with Crippen LogP contribution in [0.5, 0.6) is 0 Å². The van der Waals surface area contributed by atoms with Gasteiger partial charge in [0.1, 0.15) is 0 Å². The monoisotopic (exact) mass is 318 g/mol. The molecule has 2 aromatic heterocycles. The van der Waals surface area contributed by atoms with E-state index in [1.165, 1.54) is 4.88 Å². The molecule has 22 heavy (non-hydrogen) atoms. The van der Waals surface area contributed by atoms with Crippen molar-refractivity contribution >= 4 is 23.0 Å². The molecular weight excluding hydrogens is 300 g/mol. The van der Waals surface area contributed by atoms with E-state index in [-0.39, 0.29) is 5.97 Å². The molecular formula is C16H18N2O3S. The van der Waals surface area contributed by atoms with E-state index >= 15 is 0 Å². The Morgan fingerprint density at radius 1 is 1.50 bits per heavy atom. The molecule has 0 aromatic carbocycles. The Morgan fingerprint density at radius 3 is 3.05 bits per heavy atom. The third kappa shape index (κ3) is 2.66. The number of aromatic nitrogens is 1. The predicted molar refractivity (Wildman–Crippen MR) is 85.1 cm³/mol. The highest BCUT2D eigenvalue weighted by molar-refractivity contribution is 7.09. The Hall–Kier alpha value is -2.08. The molecule has 6 heteroatoms. The van der Waals surface area contributed by atoms with Gasteiger partial charge in [-0.2, -0.15) is 0 Å². The second-order valence-corrected chi connectivity index (χ2v) is 6.22. The number of carbonyl (C=O) groups is 1. The lowest BCUT2D eigenvalue weighted by Crippen LogP contribution is -2.17. The van der Waals surface area contributed by atoms with Crippen LogP contribution >= 0.6 is 11.3 Å². The smallest absolute Gasteiger partial charge is 0.340 e. The lowest BCUT2D eigenvalue weighted by atomic mass is 9.93. The van der Waals surface area contributed by atoms with E-state index < -0.39 is 0 Å². The van der Waals surface area contributed by atoms with Gasteiger partial charge in [0.25, 0.3) is 0 Å². The minimum atomic E-state index is -0.355. The minimum Gasteiger partial charge on any atom is -0.462 e. The summed E-state index contributed by atoms with van der Waals surface area (Å²) in [6.07, 6.45) is 4.31. The number of nitrogens with zero attached hydrogens (tertiary/aromatic N) is 2. The fraction of sp³-hybridized carbons (Fsp3) is 0.375.